The van der Waals surface area contributed by atoms with Gasteiger partial charge in [-0.25, -0.2) is 4.79 Å². The number of aliphatic hydroxyl groups excluding tert-OH is 20. The van der Waals surface area contributed by atoms with Gasteiger partial charge in [-0.2, -0.15) is 0 Å². The number of hydrogen-bond acceptors (Lipinski definition) is 39. The number of aliphatic hydroxyl groups is 20. The summed E-state index contributed by atoms with van der Waals surface area (Å²) in [6.45, 7) is -4.20. The van der Waals surface area contributed by atoms with Gasteiger partial charge in [0.1, 0.15) is 165 Å². The predicted octanol–water partition coefficient (Wildman–Crippen LogP) is -15.5. The Hall–Kier alpha value is -3.52. The number of carboxylic acid groups (broad SMARTS) is 1. The number of carbonyl (C=O) groups is 4. The smallest absolute Gasteiger partial charge is 0.364 e. The molecular formula is C56H96N4O39. The number of nitrogens with one attached hydrogen (secondary N) is 3. The molecule has 99 heavy (non-hydrogen) atoms. The van der Waals surface area contributed by atoms with E-state index in [2.05, 4.69) is 16.0 Å². The highest BCUT2D eigenvalue weighted by Crippen LogP contribution is 2.41. The molecule has 7 rings (SSSR count). The van der Waals surface area contributed by atoms with Crippen molar-refractivity contribution in [3.8, 4) is 0 Å². The summed E-state index contributed by atoms with van der Waals surface area (Å²) in [4.78, 5) is 50.9. The van der Waals surface area contributed by atoms with Crippen LogP contribution in [0, 0.1) is 0 Å². The Morgan fingerprint density at radius 1 is 0.444 bits per heavy atom. The summed E-state index contributed by atoms with van der Waals surface area (Å²) in [7, 11) is 0. The molecule has 7 heterocycles. The van der Waals surface area contributed by atoms with Crippen molar-refractivity contribution in [3.05, 3.63) is 0 Å². The van der Waals surface area contributed by atoms with E-state index in [-0.39, 0.29) is 6.61 Å². The summed E-state index contributed by atoms with van der Waals surface area (Å²) in [6, 6.07) is -5.50. The fraction of sp³-hybridized carbons (Fsp3) is 0.929. The number of carboxylic acids is 1. The molecule has 574 valence electrons. The van der Waals surface area contributed by atoms with Crippen molar-refractivity contribution in [3.63, 3.8) is 0 Å². The number of nitrogens with two attached hydrogens (primary N) is 1. The Labute approximate surface area is 563 Å². The summed E-state index contributed by atoms with van der Waals surface area (Å²) in [5.74, 6) is -8.03. The van der Waals surface area contributed by atoms with E-state index in [0.717, 1.165) is 20.8 Å². The van der Waals surface area contributed by atoms with E-state index in [1.807, 2.05) is 0 Å². The minimum atomic E-state index is -3.23. The normalized spacial score (nSPS) is 45.1. The van der Waals surface area contributed by atoms with Crippen molar-refractivity contribution in [2.45, 2.75) is 267 Å². The van der Waals surface area contributed by atoms with Gasteiger partial charge in [-0.15, -0.1) is 0 Å². The van der Waals surface area contributed by atoms with Crippen molar-refractivity contribution < 1.29 is 193 Å². The average molecular weight is 1450 g/mol. The van der Waals surface area contributed by atoms with Crippen molar-refractivity contribution in [1.82, 2.24) is 16.0 Å². The highest BCUT2D eigenvalue weighted by atomic mass is 16.8. The van der Waals surface area contributed by atoms with Gasteiger partial charge < -0.3 is 195 Å². The first-order valence-electron chi connectivity index (χ1n) is 31.9. The lowest BCUT2D eigenvalue weighted by Gasteiger charge is -2.51. The molecule has 0 aromatic rings. The number of unbranched alkanes of at least 4 members (excludes halogenated alkanes) is 2. The molecule has 36 atom stereocenters. The Kier molecular flexibility index (Phi) is 30.9. The first-order valence-corrected chi connectivity index (χ1v) is 31.9. The number of rotatable bonds is 31. The monoisotopic (exact) mass is 1450 g/mol. The SMILES string of the molecule is CC(=O)N[C@H]1[C@H](O[C@H]2[C@@H](O)[C@@H](CO)O[C@@H](O[C@H]3[C@H](O)[C@@H](O)[C@H](OCCCCCN)O[C@@H]3CO)[C@@H]2O)O[C@H](CO)[C@@H](O[C@@H]2O[C@H](CO)[C@H](O)[C@H](O[C@@H]3O[C@H](CO)[C@@H](O[C@@H]4O[C@H](CO)[C@H](O)[C@H](O[C@]5(C(=O)O)C[C@H](O)[C@@H](NC(C)=O)[C@H]([C@H](O)[C@H](O)CO)O5)[C@H]4O)[C@H](O)[C@H]3NC(C)=O)[C@H]2O)[C@@H]1O. The van der Waals surface area contributed by atoms with Gasteiger partial charge in [-0.1, -0.05) is 0 Å². The molecule has 26 N–H and O–H groups in total. The van der Waals surface area contributed by atoms with E-state index in [1.165, 1.54) is 0 Å². The lowest BCUT2D eigenvalue weighted by molar-refractivity contribution is -0.391. The average Bonchev–Trinajstić information content (AvgIpc) is 0.763. The number of carbonyl (C=O) groups excluding carboxylic acids is 3. The second-order valence-corrected chi connectivity index (χ2v) is 24.9. The van der Waals surface area contributed by atoms with E-state index in [1.54, 1.807) is 0 Å². The number of hydrogen-bond donors (Lipinski definition) is 25. The summed E-state index contributed by atoms with van der Waals surface area (Å²) in [6.07, 6.45) is -64.1. The van der Waals surface area contributed by atoms with Crippen molar-refractivity contribution in [2.75, 3.05) is 59.4 Å². The van der Waals surface area contributed by atoms with Crippen molar-refractivity contribution in [2.24, 2.45) is 5.73 Å². The Morgan fingerprint density at radius 3 is 1.19 bits per heavy atom. The summed E-state index contributed by atoms with van der Waals surface area (Å²) < 4.78 is 81.3. The molecule has 0 aliphatic carbocycles. The lowest BCUT2D eigenvalue weighted by Crippen LogP contribution is -2.71. The molecule has 43 heteroatoms. The fourth-order valence-corrected chi connectivity index (χ4v) is 12.7. The Balaban J connectivity index is 1.08. The molecule has 3 amide bonds. The first-order chi connectivity index (χ1) is 46.9. The zero-order valence-electron chi connectivity index (χ0n) is 53.7. The van der Waals surface area contributed by atoms with Crippen LogP contribution in [0.2, 0.25) is 0 Å². The predicted molar refractivity (Wildman–Crippen MR) is 310 cm³/mol. The zero-order valence-corrected chi connectivity index (χ0v) is 53.7. The highest BCUT2D eigenvalue weighted by molar-refractivity contribution is 5.77. The molecule has 7 aliphatic heterocycles. The number of amides is 3. The van der Waals surface area contributed by atoms with Crippen LogP contribution in [0.5, 0.6) is 0 Å². The Morgan fingerprint density at radius 2 is 0.808 bits per heavy atom. The van der Waals surface area contributed by atoms with E-state index < -0.39 is 297 Å². The van der Waals surface area contributed by atoms with Crippen LogP contribution < -0.4 is 21.7 Å². The van der Waals surface area contributed by atoms with Crippen molar-refractivity contribution in [1.29, 1.82) is 0 Å². The quantitative estimate of drug-likeness (QED) is 0.0287. The van der Waals surface area contributed by atoms with Gasteiger partial charge in [0.2, 0.25) is 17.7 Å². The third-order valence-electron chi connectivity index (χ3n) is 17.8. The van der Waals surface area contributed by atoms with Crippen molar-refractivity contribution >= 4 is 23.7 Å². The van der Waals surface area contributed by atoms with Crippen LogP contribution in [0.15, 0.2) is 0 Å². The van der Waals surface area contributed by atoms with Gasteiger partial charge >= 0.3 is 5.97 Å². The molecule has 0 saturated carbocycles. The number of aliphatic carboxylic acids is 1. The second kappa shape index (κ2) is 36.9. The van der Waals surface area contributed by atoms with Crippen LogP contribution >= 0.6 is 0 Å². The molecule has 0 aromatic heterocycles. The zero-order chi connectivity index (χ0) is 73.2. The van der Waals surface area contributed by atoms with Crippen LogP contribution in [0.4, 0.5) is 0 Å². The minimum Gasteiger partial charge on any atom is -0.477 e. The highest BCUT2D eigenvalue weighted by Gasteiger charge is 2.62. The topological polar surface area (TPSA) is 684 Å². The summed E-state index contributed by atoms with van der Waals surface area (Å²) in [5.41, 5.74) is 5.53. The van der Waals surface area contributed by atoms with Crippen LogP contribution in [-0.2, 0) is 85.5 Å². The molecule has 0 bridgehead atoms. The van der Waals surface area contributed by atoms with E-state index in [9.17, 15) is 126 Å². The molecule has 43 nitrogen and oxygen atoms in total. The standard InChI is InChI=1S/C56H96N4O39/c1-17(68)58-28-20(71)9-56(55(84)85,98-45(28)31(73)21(72)10-61)99-48-34(76)24(13-64)89-54(41(48)83)94-43-26(15-66)91-50(30(36(43)78)60-19(3)70)96-46-32(74)22(11-62)87-52(39(46)81)93-42-25(14-65)90-49(29(35(42)77)59-18(2)69)97-47-33(75)23(12-63)88-53(40(47)82)95-44-27(16-67)92-51(38(80)37(44)79)86-8-6-4-5-7-57/h20-54,61-67,71-83H,4-16,57H2,1-3H3,(H,58,68)(H,59,69)(H,60,70)(H,84,85)/t20-,21+,22+,23+,24+,25+,26+,27+,28+,29+,30+,31+,32-,33-,34-,35+,36+,37+,38+,39+,40+,41+,42+,43+,44+,45+,46-,47-,48-,49-,50-,51+,52-,53-,54-,56-/m0/s1. The van der Waals surface area contributed by atoms with E-state index in [4.69, 9.17) is 72.0 Å². The molecule has 7 saturated heterocycles. The van der Waals surface area contributed by atoms with Crippen LogP contribution in [0.1, 0.15) is 46.5 Å². The third kappa shape index (κ3) is 19.0. The lowest BCUT2D eigenvalue weighted by atomic mass is 9.88. The fourth-order valence-electron chi connectivity index (χ4n) is 12.7. The maximum absolute atomic E-state index is 13.1. The van der Waals surface area contributed by atoms with Crippen LogP contribution in [0.25, 0.3) is 0 Å². The maximum atomic E-state index is 13.1. The molecule has 7 aliphatic rings. The second-order valence-electron chi connectivity index (χ2n) is 24.9. The molecule has 0 radical (unpaired) electrons. The Bertz CT molecular complexity index is 2530. The van der Waals surface area contributed by atoms with Gasteiger partial charge in [0.15, 0.2) is 37.7 Å². The van der Waals surface area contributed by atoms with E-state index in [0.29, 0.717) is 25.8 Å². The van der Waals surface area contributed by atoms with Gasteiger partial charge in [0.25, 0.3) is 5.79 Å². The first kappa shape index (κ1) is 82.8. The van der Waals surface area contributed by atoms with Gasteiger partial charge in [0, 0.05) is 33.8 Å². The molecular weight excluding hydrogens is 1350 g/mol. The maximum Gasteiger partial charge on any atom is 0.364 e. The largest absolute Gasteiger partial charge is 0.477 e. The molecule has 0 unspecified atom stereocenters. The van der Waals surface area contributed by atoms with Crippen LogP contribution in [0.3, 0.4) is 0 Å². The van der Waals surface area contributed by atoms with Crippen LogP contribution in [-0.4, -0.2) is 411 Å². The van der Waals surface area contributed by atoms with E-state index >= 15 is 0 Å². The molecule has 7 fully saturated rings. The van der Waals surface area contributed by atoms with Gasteiger partial charge in [0.05, 0.1) is 58.4 Å². The molecule has 0 aromatic carbocycles. The van der Waals surface area contributed by atoms with Gasteiger partial charge in [-0.05, 0) is 25.8 Å². The summed E-state index contributed by atoms with van der Waals surface area (Å²) >= 11 is 0. The third-order valence-corrected chi connectivity index (χ3v) is 17.8. The minimum absolute atomic E-state index is 0.0679. The molecule has 0 spiro atoms. The summed E-state index contributed by atoms with van der Waals surface area (Å²) in [5, 5.41) is 239. The van der Waals surface area contributed by atoms with Gasteiger partial charge in [-0.3, -0.25) is 14.4 Å². The number of ether oxygens (including phenoxy) is 14.